The van der Waals surface area contributed by atoms with Gasteiger partial charge in [-0.05, 0) is 12.5 Å². The minimum atomic E-state index is -1.69. The van der Waals surface area contributed by atoms with Crippen molar-refractivity contribution in [3.63, 3.8) is 0 Å². The topological polar surface area (TPSA) is 116 Å². The first-order chi connectivity index (χ1) is 9.91. The van der Waals surface area contributed by atoms with Crippen LogP contribution in [0.1, 0.15) is 12.5 Å². The summed E-state index contributed by atoms with van der Waals surface area (Å²) in [5.41, 5.74) is 0.806. The summed E-state index contributed by atoms with van der Waals surface area (Å²) in [5.74, 6) is -0.673. The number of Topliss-reactive ketones (excluding diaryl/α,β-unsaturated/α-hetero) is 1. The monoisotopic (exact) mass is 297 g/mol. The van der Waals surface area contributed by atoms with E-state index < -0.39 is 30.2 Å². The molecule has 0 spiro atoms. The van der Waals surface area contributed by atoms with Crippen molar-refractivity contribution in [1.82, 2.24) is 5.32 Å². The SMILES string of the molecule is CC(=O)[C@@H](O)[C@H](O)C(O)CNC(=O)OCc1ccccc1. The fourth-order valence-electron chi connectivity index (χ4n) is 1.53. The summed E-state index contributed by atoms with van der Waals surface area (Å²) >= 11 is 0. The highest BCUT2D eigenvalue weighted by atomic mass is 16.5. The zero-order valence-electron chi connectivity index (χ0n) is 11.6. The first kappa shape index (κ1) is 17.1. The zero-order valence-corrected chi connectivity index (χ0v) is 11.6. The zero-order chi connectivity index (χ0) is 15.8. The van der Waals surface area contributed by atoms with E-state index in [0.29, 0.717) is 0 Å². The lowest BCUT2D eigenvalue weighted by molar-refractivity contribution is -0.135. The van der Waals surface area contributed by atoms with Crippen molar-refractivity contribution < 1.29 is 29.6 Å². The molecule has 0 aliphatic carbocycles. The molecule has 3 atom stereocenters. The van der Waals surface area contributed by atoms with Crippen LogP contribution in [0.5, 0.6) is 0 Å². The number of hydrogen-bond acceptors (Lipinski definition) is 6. The summed E-state index contributed by atoms with van der Waals surface area (Å²) in [6.45, 7) is 0.808. The second-order valence-corrected chi connectivity index (χ2v) is 4.56. The number of nitrogens with one attached hydrogen (secondary N) is 1. The minimum Gasteiger partial charge on any atom is -0.445 e. The summed E-state index contributed by atoms with van der Waals surface area (Å²) in [5, 5.41) is 30.5. The molecule has 1 amide bonds. The molecule has 1 aromatic rings. The Hall–Kier alpha value is -1.96. The van der Waals surface area contributed by atoms with Crippen LogP contribution < -0.4 is 5.32 Å². The number of carbonyl (C=O) groups is 2. The van der Waals surface area contributed by atoms with Crippen molar-refractivity contribution in [3.05, 3.63) is 35.9 Å². The van der Waals surface area contributed by atoms with Crippen molar-refractivity contribution >= 4 is 11.9 Å². The maximum Gasteiger partial charge on any atom is 0.407 e. The van der Waals surface area contributed by atoms with Crippen molar-refractivity contribution in [2.75, 3.05) is 6.54 Å². The molecule has 0 aromatic heterocycles. The van der Waals surface area contributed by atoms with Crippen molar-refractivity contribution in [3.8, 4) is 0 Å². The van der Waals surface area contributed by atoms with Gasteiger partial charge in [0.2, 0.25) is 0 Å². The van der Waals surface area contributed by atoms with Crippen LogP contribution >= 0.6 is 0 Å². The highest BCUT2D eigenvalue weighted by molar-refractivity contribution is 5.80. The molecule has 7 heteroatoms. The standard InChI is InChI=1S/C14H19NO6/c1-9(16)12(18)13(19)11(17)7-15-14(20)21-8-10-5-3-2-4-6-10/h2-6,11-13,17-19H,7-8H2,1H3,(H,15,20)/t11?,12-,13-/m1/s1. The van der Waals surface area contributed by atoms with Gasteiger partial charge in [0, 0.05) is 6.54 Å². The maximum atomic E-state index is 11.4. The highest BCUT2D eigenvalue weighted by Gasteiger charge is 2.28. The number of hydrogen-bond donors (Lipinski definition) is 4. The number of alkyl carbamates (subject to hydrolysis) is 1. The Kier molecular flexibility index (Phi) is 6.80. The van der Waals surface area contributed by atoms with Gasteiger partial charge in [0.1, 0.15) is 24.9 Å². The lowest BCUT2D eigenvalue weighted by Crippen LogP contribution is -2.46. The Morgan fingerprint density at radius 3 is 2.38 bits per heavy atom. The Bertz CT molecular complexity index is 464. The molecule has 0 aliphatic heterocycles. The van der Waals surface area contributed by atoms with Gasteiger partial charge in [-0.25, -0.2) is 4.79 Å². The Morgan fingerprint density at radius 1 is 1.19 bits per heavy atom. The molecular weight excluding hydrogens is 278 g/mol. The number of amides is 1. The first-order valence-electron chi connectivity index (χ1n) is 6.41. The van der Waals surface area contributed by atoms with Gasteiger partial charge in [-0.15, -0.1) is 0 Å². The number of ketones is 1. The van der Waals surface area contributed by atoms with Gasteiger partial charge in [-0.3, -0.25) is 4.79 Å². The van der Waals surface area contributed by atoms with E-state index >= 15 is 0 Å². The number of carbonyl (C=O) groups excluding carboxylic acids is 2. The molecule has 0 radical (unpaired) electrons. The highest BCUT2D eigenvalue weighted by Crippen LogP contribution is 2.02. The third-order valence-electron chi connectivity index (χ3n) is 2.80. The molecule has 4 N–H and O–H groups in total. The summed E-state index contributed by atoms with van der Waals surface area (Å²) in [6, 6.07) is 9.02. The smallest absolute Gasteiger partial charge is 0.407 e. The van der Waals surface area contributed by atoms with Crippen molar-refractivity contribution in [2.45, 2.75) is 31.8 Å². The Morgan fingerprint density at radius 2 is 1.81 bits per heavy atom. The van der Waals surface area contributed by atoms with Crippen LogP contribution in [0.15, 0.2) is 30.3 Å². The van der Waals surface area contributed by atoms with E-state index in [1.807, 2.05) is 6.07 Å². The van der Waals surface area contributed by atoms with Crippen molar-refractivity contribution in [1.29, 1.82) is 0 Å². The molecule has 0 heterocycles. The first-order valence-corrected chi connectivity index (χ1v) is 6.41. The van der Waals surface area contributed by atoms with E-state index in [1.54, 1.807) is 24.3 Å². The summed E-state index contributed by atoms with van der Waals surface area (Å²) in [4.78, 5) is 22.2. The van der Waals surface area contributed by atoms with Crippen LogP contribution in [0.4, 0.5) is 4.79 Å². The van der Waals surface area contributed by atoms with E-state index in [4.69, 9.17) is 4.74 Å². The molecule has 1 unspecified atom stereocenters. The molecular formula is C14H19NO6. The molecule has 116 valence electrons. The summed E-state index contributed by atoms with van der Waals surface area (Å²) < 4.78 is 4.89. The number of ether oxygens (including phenoxy) is 1. The van der Waals surface area contributed by atoms with E-state index in [9.17, 15) is 24.9 Å². The van der Waals surface area contributed by atoms with Gasteiger partial charge in [-0.1, -0.05) is 30.3 Å². The molecule has 0 saturated carbocycles. The number of aliphatic hydroxyl groups excluding tert-OH is 3. The van der Waals surface area contributed by atoms with Gasteiger partial charge >= 0.3 is 6.09 Å². The minimum absolute atomic E-state index is 0.0708. The fourth-order valence-corrected chi connectivity index (χ4v) is 1.53. The maximum absolute atomic E-state index is 11.4. The van der Waals surface area contributed by atoms with Crippen LogP contribution in [0.3, 0.4) is 0 Å². The van der Waals surface area contributed by atoms with Crippen molar-refractivity contribution in [2.24, 2.45) is 0 Å². The molecule has 7 nitrogen and oxygen atoms in total. The molecule has 1 rings (SSSR count). The average molecular weight is 297 g/mol. The lowest BCUT2D eigenvalue weighted by atomic mass is 10.1. The predicted molar refractivity (Wildman–Crippen MR) is 73.3 cm³/mol. The van der Waals surface area contributed by atoms with Crippen LogP contribution in [-0.2, 0) is 16.1 Å². The summed E-state index contributed by atoms with van der Waals surface area (Å²) in [6.07, 6.45) is -5.62. The van der Waals surface area contributed by atoms with E-state index in [2.05, 4.69) is 5.32 Å². The van der Waals surface area contributed by atoms with E-state index in [-0.39, 0.29) is 13.2 Å². The van der Waals surface area contributed by atoms with Gasteiger partial charge in [0.25, 0.3) is 0 Å². The van der Waals surface area contributed by atoms with Gasteiger partial charge in [0.15, 0.2) is 5.78 Å². The van der Waals surface area contributed by atoms with Crippen LogP contribution in [-0.4, -0.2) is 52.1 Å². The number of aliphatic hydroxyl groups is 3. The Balaban J connectivity index is 2.31. The fraction of sp³-hybridized carbons (Fsp3) is 0.429. The molecule has 1 aromatic carbocycles. The Labute approximate surface area is 122 Å². The quantitative estimate of drug-likeness (QED) is 0.543. The van der Waals surface area contributed by atoms with Gasteiger partial charge < -0.3 is 25.4 Å². The summed E-state index contributed by atoms with van der Waals surface area (Å²) in [7, 11) is 0. The molecule has 0 bridgehead atoms. The van der Waals surface area contributed by atoms with Crippen LogP contribution in [0.25, 0.3) is 0 Å². The van der Waals surface area contributed by atoms with E-state index in [0.717, 1.165) is 12.5 Å². The third kappa shape index (κ3) is 5.90. The lowest BCUT2D eigenvalue weighted by Gasteiger charge is -2.21. The van der Waals surface area contributed by atoms with Gasteiger partial charge in [0.05, 0.1) is 0 Å². The van der Waals surface area contributed by atoms with Crippen LogP contribution in [0.2, 0.25) is 0 Å². The molecule has 0 aliphatic rings. The number of benzene rings is 1. The van der Waals surface area contributed by atoms with E-state index in [1.165, 1.54) is 0 Å². The van der Waals surface area contributed by atoms with Crippen LogP contribution in [0, 0.1) is 0 Å². The second-order valence-electron chi connectivity index (χ2n) is 4.56. The molecule has 0 fully saturated rings. The molecule has 21 heavy (non-hydrogen) atoms. The normalized spacial score (nSPS) is 14.9. The second kappa shape index (κ2) is 8.35. The average Bonchev–Trinajstić information content (AvgIpc) is 2.49. The molecule has 0 saturated heterocycles. The largest absolute Gasteiger partial charge is 0.445 e. The number of rotatable bonds is 7. The third-order valence-corrected chi connectivity index (χ3v) is 2.80. The van der Waals surface area contributed by atoms with Gasteiger partial charge in [-0.2, -0.15) is 0 Å². The predicted octanol–water partition coefficient (Wildman–Crippen LogP) is -0.416.